The molecule has 0 atom stereocenters. The molecule has 0 radical (unpaired) electrons. The van der Waals surface area contributed by atoms with Gasteiger partial charge in [0.05, 0.1) is 6.61 Å². The number of nitrogens with zero attached hydrogens (tertiary/aromatic N) is 3. The highest BCUT2D eigenvalue weighted by atomic mass is 16.6. The topological polar surface area (TPSA) is 79.4 Å². The summed E-state index contributed by atoms with van der Waals surface area (Å²) in [4.78, 5) is 41.6. The second-order valence-electron chi connectivity index (χ2n) is 8.18. The van der Waals surface area contributed by atoms with Crippen molar-refractivity contribution < 1.29 is 23.9 Å². The number of piperidine rings is 1. The third-order valence-electron chi connectivity index (χ3n) is 4.89. The van der Waals surface area contributed by atoms with Crippen LogP contribution in [-0.4, -0.2) is 84.3 Å². The Kier molecular flexibility index (Phi) is 7.33. The van der Waals surface area contributed by atoms with Crippen molar-refractivity contribution in [3.63, 3.8) is 0 Å². The van der Waals surface area contributed by atoms with E-state index >= 15 is 0 Å². The Bertz CT molecular complexity index is 530. The van der Waals surface area contributed by atoms with Crippen LogP contribution in [0.25, 0.3) is 0 Å². The van der Waals surface area contributed by atoms with Crippen molar-refractivity contribution in [3.05, 3.63) is 0 Å². The Balaban J connectivity index is 1.71. The van der Waals surface area contributed by atoms with Crippen LogP contribution >= 0.6 is 0 Å². The van der Waals surface area contributed by atoms with E-state index in [-0.39, 0.29) is 18.1 Å². The SMILES string of the molecule is CCOC(=O)N1CCN(C(=O)CC2CCN(C(=O)OC(C)(C)C)CC2)CC1. The average Bonchev–Trinajstić information content (AvgIpc) is 2.61. The number of piperazine rings is 1. The van der Waals surface area contributed by atoms with Gasteiger partial charge in [0.25, 0.3) is 0 Å². The van der Waals surface area contributed by atoms with Crippen LogP contribution in [0.2, 0.25) is 0 Å². The fourth-order valence-electron chi connectivity index (χ4n) is 3.38. The Hall–Kier alpha value is -1.99. The zero-order valence-electron chi connectivity index (χ0n) is 17.0. The number of hydrogen-bond acceptors (Lipinski definition) is 5. The molecule has 27 heavy (non-hydrogen) atoms. The Morgan fingerprint density at radius 1 is 0.852 bits per heavy atom. The molecule has 0 aromatic rings. The number of rotatable bonds is 3. The highest BCUT2D eigenvalue weighted by Gasteiger charge is 2.30. The molecule has 0 bridgehead atoms. The average molecular weight is 383 g/mol. The lowest BCUT2D eigenvalue weighted by Gasteiger charge is -2.36. The third-order valence-corrected chi connectivity index (χ3v) is 4.89. The summed E-state index contributed by atoms with van der Waals surface area (Å²) in [5.74, 6) is 0.425. The molecule has 8 heteroatoms. The quantitative estimate of drug-likeness (QED) is 0.747. The van der Waals surface area contributed by atoms with Crippen LogP contribution in [0.15, 0.2) is 0 Å². The van der Waals surface area contributed by atoms with Crippen molar-refractivity contribution in [1.82, 2.24) is 14.7 Å². The van der Waals surface area contributed by atoms with Gasteiger partial charge in [0.1, 0.15) is 5.60 Å². The first-order valence-electron chi connectivity index (χ1n) is 9.87. The lowest BCUT2D eigenvalue weighted by atomic mass is 9.93. The van der Waals surface area contributed by atoms with Gasteiger partial charge in [-0.05, 0) is 46.5 Å². The second kappa shape index (κ2) is 9.28. The molecular weight excluding hydrogens is 350 g/mol. The molecule has 2 aliphatic rings. The van der Waals surface area contributed by atoms with E-state index in [2.05, 4.69) is 0 Å². The lowest BCUT2D eigenvalue weighted by Crippen LogP contribution is -2.51. The van der Waals surface area contributed by atoms with Gasteiger partial charge in [-0.2, -0.15) is 0 Å². The predicted octanol–water partition coefficient (Wildman–Crippen LogP) is 2.32. The van der Waals surface area contributed by atoms with Gasteiger partial charge in [0, 0.05) is 45.7 Å². The number of ether oxygens (including phenoxy) is 2. The van der Waals surface area contributed by atoms with E-state index in [9.17, 15) is 14.4 Å². The van der Waals surface area contributed by atoms with Crippen molar-refractivity contribution >= 4 is 18.1 Å². The number of carbonyl (C=O) groups is 3. The highest BCUT2D eigenvalue weighted by Crippen LogP contribution is 2.23. The van der Waals surface area contributed by atoms with Gasteiger partial charge in [0.15, 0.2) is 0 Å². The molecular formula is C19H33N3O5. The molecule has 2 saturated heterocycles. The van der Waals surface area contributed by atoms with Gasteiger partial charge in [-0.3, -0.25) is 4.79 Å². The highest BCUT2D eigenvalue weighted by molar-refractivity contribution is 5.77. The van der Waals surface area contributed by atoms with Crippen molar-refractivity contribution in [2.75, 3.05) is 45.9 Å². The minimum Gasteiger partial charge on any atom is -0.450 e. The van der Waals surface area contributed by atoms with Gasteiger partial charge in [-0.15, -0.1) is 0 Å². The van der Waals surface area contributed by atoms with E-state index in [1.165, 1.54) is 0 Å². The molecule has 154 valence electrons. The number of likely N-dealkylation sites (tertiary alicyclic amines) is 1. The van der Waals surface area contributed by atoms with Gasteiger partial charge < -0.3 is 24.2 Å². The van der Waals surface area contributed by atoms with Gasteiger partial charge in [-0.1, -0.05) is 0 Å². The Morgan fingerprint density at radius 3 is 1.89 bits per heavy atom. The van der Waals surface area contributed by atoms with Crippen LogP contribution in [0.1, 0.15) is 47.0 Å². The van der Waals surface area contributed by atoms with Crippen molar-refractivity contribution in [2.45, 2.75) is 52.6 Å². The van der Waals surface area contributed by atoms with E-state index in [0.717, 1.165) is 12.8 Å². The smallest absolute Gasteiger partial charge is 0.410 e. The molecule has 0 aromatic heterocycles. The van der Waals surface area contributed by atoms with E-state index < -0.39 is 5.60 Å². The number of amides is 3. The summed E-state index contributed by atoms with van der Waals surface area (Å²) >= 11 is 0. The summed E-state index contributed by atoms with van der Waals surface area (Å²) < 4.78 is 10.4. The Labute approximate surface area is 161 Å². The number of hydrogen-bond donors (Lipinski definition) is 0. The maximum Gasteiger partial charge on any atom is 0.410 e. The molecule has 0 spiro atoms. The first-order chi connectivity index (χ1) is 12.7. The van der Waals surface area contributed by atoms with E-state index in [1.807, 2.05) is 25.7 Å². The normalized spacial score (nSPS) is 19.0. The Morgan fingerprint density at radius 2 is 1.37 bits per heavy atom. The lowest BCUT2D eigenvalue weighted by molar-refractivity contribution is -0.134. The maximum atomic E-state index is 12.6. The number of carbonyl (C=O) groups excluding carboxylic acids is 3. The zero-order chi connectivity index (χ0) is 20.0. The summed E-state index contributed by atoms with van der Waals surface area (Å²) in [6.45, 7) is 11.1. The summed E-state index contributed by atoms with van der Waals surface area (Å²) in [6.07, 6.45) is 1.55. The molecule has 2 fully saturated rings. The van der Waals surface area contributed by atoms with E-state index in [0.29, 0.717) is 58.2 Å². The third kappa shape index (κ3) is 6.59. The van der Waals surface area contributed by atoms with Crippen LogP contribution in [-0.2, 0) is 14.3 Å². The van der Waals surface area contributed by atoms with E-state index in [4.69, 9.17) is 9.47 Å². The van der Waals surface area contributed by atoms with Crippen LogP contribution in [0.4, 0.5) is 9.59 Å². The minimum atomic E-state index is -0.490. The largest absolute Gasteiger partial charge is 0.450 e. The summed E-state index contributed by atoms with van der Waals surface area (Å²) in [5.41, 5.74) is -0.490. The molecule has 0 N–H and O–H groups in total. The molecule has 0 saturated carbocycles. The minimum absolute atomic E-state index is 0.134. The zero-order valence-corrected chi connectivity index (χ0v) is 17.0. The van der Waals surface area contributed by atoms with Crippen molar-refractivity contribution in [1.29, 1.82) is 0 Å². The van der Waals surface area contributed by atoms with E-state index in [1.54, 1.807) is 16.7 Å². The molecule has 0 aliphatic carbocycles. The van der Waals surface area contributed by atoms with Gasteiger partial charge >= 0.3 is 12.2 Å². The summed E-state index contributed by atoms with van der Waals surface area (Å²) in [7, 11) is 0. The fourth-order valence-corrected chi connectivity index (χ4v) is 3.38. The predicted molar refractivity (Wildman–Crippen MR) is 100 cm³/mol. The molecule has 0 aromatic carbocycles. The maximum absolute atomic E-state index is 12.6. The van der Waals surface area contributed by atoms with Gasteiger partial charge in [-0.25, -0.2) is 9.59 Å². The first-order valence-corrected chi connectivity index (χ1v) is 9.87. The monoisotopic (exact) mass is 383 g/mol. The molecule has 3 amide bonds. The molecule has 0 unspecified atom stereocenters. The standard InChI is InChI=1S/C19H33N3O5/c1-5-26-17(24)22-12-10-20(11-13-22)16(23)14-15-6-8-21(9-7-15)18(25)27-19(2,3)4/h15H,5-14H2,1-4H3. The van der Waals surface area contributed by atoms with Crippen LogP contribution in [0.3, 0.4) is 0 Å². The summed E-state index contributed by atoms with van der Waals surface area (Å²) in [5, 5.41) is 0. The van der Waals surface area contributed by atoms with Crippen molar-refractivity contribution in [3.8, 4) is 0 Å². The van der Waals surface area contributed by atoms with Crippen LogP contribution in [0, 0.1) is 5.92 Å². The summed E-state index contributed by atoms with van der Waals surface area (Å²) in [6, 6.07) is 0. The fraction of sp³-hybridized carbons (Fsp3) is 0.842. The van der Waals surface area contributed by atoms with Crippen LogP contribution in [0.5, 0.6) is 0 Å². The van der Waals surface area contributed by atoms with Gasteiger partial charge in [0.2, 0.25) is 5.91 Å². The molecule has 2 rings (SSSR count). The van der Waals surface area contributed by atoms with Crippen LogP contribution < -0.4 is 0 Å². The van der Waals surface area contributed by atoms with Crippen molar-refractivity contribution in [2.24, 2.45) is 5.92 Å². The molecule has 2 heterocycles. The molecule has 2 aliphatic heterocycles. The first kappa shape index (κ1) is 21.3. The molecule has 8 nitrogen and oxygen atoms in total. The second-order valence-corrected chi connectivity index (χ2v) is 8.18.